The maximum atomic E-state index is 12.2. The van der Waals surface area contributed by atoms with E-state index in [2.05, 4.69) is 47.2 Å². The molecule has 0 atom stereocenters. The lowest BCUT2D eigenvalue weighted by Gasteiger charge is -2.15. The van der Waals surface area contributed by atoms with Crippen molar-refractivity contribution in [3.8, 4) is 11.5 Å². The predicted molar refractivity (Wildman–Crippen MR) is 226 cm³/mol. The fourth-order valence-corrected chi connectivity index (χ4v) is 7.35. The molecule has 2 aromatic heterocycles. The van der Waals surface area contributed by atoms with Crippen molar-refractivity contribution < 1.29 is 33.3 Å². The molecule has 2 aliphatic rings. The van der Waals surface area contributed by atoms with E-state index < -0.39 is 5.97 Å². The standard InChI is InChI=1S/C27H27NO3.C22H23NO4/c1-3-30-27(29)25-14-8-13-24(28-25)22-12-7-11-21(22)23-17-19(2)15-16-26(23)31-18-20-9-5-4-6-10-20;1-4-26-22(25)20-10-6-9-19(23-20)17-8-5-7-16(17)18-13-14(2)11-12-21(18)27-15(3)24/h4-6,8-10,13-17H,3,7,11-12,18H2,1-2H3;6,9-13H,4-5,7-8H2,1-3H3. The lowest BCUT2D eigenvalue weighted by Crippen LogP contribution is -2.08. The lowest BCUT2D eigenvalue weighted by atomic mass is 9.97. The number of nitrogens with zero attached hydrogens (tertiary/aromatic N) is 2. The number of allylic oxidation sites excluding steroid dienone is 4. The average molecular weight is 779 g/mol. The van der Waals surface area contributed by atoms with Crippen LogP contribution in [0.4, 0.5) is 0 Å². The molecule has 0 saturated heterocycles. The van der Waals surface area contributed by atoms with E-state index in [-0.39, 0.29) is 11.9 Å². The maximum Gasteiger partial charge on any atom is 0.356 e. The van der Waals surface area contributed by atoms with Crippen LogP contribution in [0.3, 0.4) is 0 Å². The summed E-state index contributed by atoms with van der Waals surface area (Å²) in [5.74, 6) is 0.291. The number of ether oxygens (including phenoxy) is 4. The van der Waals surface area contributed by atoms with Gasteiger partial charge in [0.15, 0.2) is 0 Å². The molecule has 0 fully saturated rings. The number of benzene rings is 3. The molecule has 5 aromatic rings. The smallest absolute Gasteiger partial charge is 0.356 e. The number of hydrogen-bond donors (Lipinski definition) is 0. The Morgan fingerprint density at radius 1 is 0.569 bits per heavy atom. The van der Waals surface area contributed by atoms with Crippen LogP contribution >= 0.6 is 0 Å². The molecule has 0 N–H and O–H groups in total. The van der Waals surface area contributed by atoms with E-state index in [1.807, 2.05) is 67.6 Å². The fraction of sp³-hybridized carbons (Fsp3) is 0.286. The SMILES string of the molecule is CCOC(=O)c1cccc(C2=C(c3cc(C)ccc3OC(C)=O)CCC2)n1.CCOC(=O)c1cccc(C2=C(c3cc(C)ccc3OCc3ccccc3)CCC2)n1. The zero-order valence-electron chi connectivity index (χ0n) is 33.9. The molecule has 9 nitrogen and oxygen atoms in total. The molecule has 9 heteroatoms. The molecule has 0 spiro atoms. The Bertz CT molecular complexity index is 2340. The van der Waals surface area contributed by atoms with E-state index in [4.69, 9.17) is 18.9 Å². The van der Waals surface area contributed by atoms with E-state index in [9.17, 15) is 14.4 Å². The van der Waals surface area contributed by atoms with Crippen molar-refractivity contribution >= 4 is 40.2 Å². The van der Waals surface area contributed by atoms with Crippen LogP contribution in [0, 0.1) is 13.8 Å². The van der Waals surface area contributed by atoms with Gasteiger partial charge in [0, 0.05) is 18.1 Å². The van der Waals surface area contributed by atoms with Gasteiger partial charge in [-0.2, -0.15) is 0 Å². The highest BCUT2D eigenvalue weighted by atomic mass is 16.5. The minimum Gasteiger partial charge on any atom is -0.488 e. The highest BCUT2D eigenvalue weighted by molar-refractivity contribution is 5.96. The van der Waals surface area contributed by atoms with E-state index >= 15 is 0 Å². The Hall–Kier alpha value is -6.35. The number of aryl methyl sites for hydroxylation is 2. The molecular weight excluding hydrogens is 729 g/mol. The molecule has 2 heterocycles. The van der Waals surface area contributed by atoms with Crippen LogP contribution in [0.2, 0.25) is 0 Å². The first kappa shape index (κ1) is 41.3. The Morgan fingerprint density at radius 3 is 1.55 bits per heavy atom. The average Bonchev–Trinajstić information content (AvgIpc) is 3.93. The van der Waals surface area contributed by atoms with Crippen LogP contribution in [0.15, 0.2) is 103 Å². The zero-order chi connectivity index (χ0) is 41.0. The van der Waals surface area contributed by atoms with E-state index in [0.29, 0.717) is 37.0 Å². The summed E-state index contributed by atoms with van der Waals surface area (Å²) in [6, 6.07) is 33.3. The molecule has 2 aliphatic carbocycles. The summed E-state index contributed by atoms with van der Waals surface area (Å²) >= 11 is 0. The molecule has 58 heavy (non-hydrogen) atoms. The molecule has 298 valence electrons. The maximum absolute atomic E-state index is 12.2. The Morgan fingerprint density at radius 2 is 1.05 bits per heavy atom. The molecule has 7 rings (SSSR count). The van der Waals surface area contributed by atoms with Crippen molar-refractivity contribution in [2.75, 3.05) is 13.2 Å². The van der Waals surface area contributed by atoms with Gasteiger partial charge in [-0.3, -0.25) is 4.79 Å². The third kappa shape index (κ3) is 10.3. The summed E-state index contributed by atoms with van der Waals surface area (Å²) in [6.45, 7) is 10.3. The number of rotatable bonds is 12. The van der Waals surface area contributed by atoms with Crippen LogP contribution in [0.1, 0.15) is 119 Å². The molecule has 0 radical (unpaired) electrons. The molecule has 0 aliphatic heterocycles. The third-order valence-corrected chi connectivity index (χ3v) is 9.93. The second-order valence-electron chi connectivity index (χ2n) is 14.2. The van der Waals surface area contributed by atoms with E-state index in [1.165, 1.54) is 23.6 Å². The molecular formula is C49H50N2O7. The van der Waals surface area contributed by atoms with Gasteiger partial charge in [-0.1, -0.05) is 65.7 Å². The molecule has 3 aromatic carbocycles. The highest BCUT2D eigenvalue weighted by Crippen LogP contribution is 2.44. The van der Waals surface area contributed by atoms with Gasteiger partial charge < -0.3 is 18.9 Å². The van der Waals surface area contributed by atoms with E-state index in [1.54, 1.807) is 26.0 Å². The Labute approximate surface area is 340 Å². The molecule has 0 saturated carbocycles. The van der Waals surface area contributed by atoms with Crippen molar-refractivity contribution in [3.05, 3.63) is 154 Å². The van der Waals surface area contributed by atoms with E-state index in [0.717, 1.165) is 89.1 Å². The summed E-state index contributed by atoms with van der Waals surface area (Å²) in [5.41, 5.74) is 12.3. The van der Waals surface area contributed by atoms with Crippen LogP contribution < -0.4 is 9.47 Å². The zero-order valence-corrected chi connectivity index (χ0v) is 33.9. The van der Waals surface area contributed by atoms with Gasteiger partial charge in [0.1, 0.15) is 29.5 Å². The van der Waals surface area contributed by atoms with Crippen LogP contribution in [-0.4, -0.2) is 41.1 Å². The molecule has 0 bridgehead atoms. The molecule has 0 unspecified atom stereocenters. The van der Waals surface area contributed by atoms with Crippen LogP contribution in [-0.2, 0) is 20.9 Å². The van der Waals surface area contributed by atoms with Gasteiger partial charge >= 0.3 is 17.9 Å². The number of hydrogen-bond acceptors (Lipinski definition) is 9. The van der Waals surface area contributed by atoms with Crippen molar-refractivity contribution in [2.45, 2.75) is 79.8 Å². The first-order chi connectivity index (χ1) is 28.1. The highest BCUT2D eigenvalue weighted by Gasteiger charge is 2.24. The minimum absolute atomic E-state index is 0.303. The Balaban J connectivity index is 0.000000198. The van der Waals surface area contributed by atoms with Gasteiger partial charge in [0.25, 0.3) is 0 Å². The minimum atomic E-state index is -0.421. The molecule has 0 amide bonds. The second-order valence-corrected chi connectivity index (χ2v) is 14.2. The first-order valence-corrected chi connectivity index (χ1v) is 20.0. The normalized spacial score (nSPS) is 13.5. The van der Waals surface area contributed by atoms with Crippen molar-refractivity contribution in [1.29, 1.82) is 0 Å². The number of pyridine rings is 2. The third-order valence-electron chi connectivity index (χ3n) is 9.93. The van der Waals surface area contributed by atoms with Crippen LogP contribution in [0.25, 0.3) is 22.3 Å². The quantitative estimate of drug-likeness (QED) is 0.0902. The summed E-state index contributed by atoms with van der Waals surface area (Å²) in [6.07, 6.45) is 5.68. The first-order valence-electron chi connectivity index (χ1n) is 20.0. The number of carbonyl (C=O) groups is 3. The van der Waals surface area contributed by atoms with Gasteiger partial charge in [-0.15, -0.1) is 0 Å². The summed E-state index contributed by atoms with van der Waals surface area (Å²) in [5, 5.41) is 0. The topological polar surface area (TPSA) is 114 Å². The monoisotopic (exact) mass is 778 g/mol. The van der Waals surface area contributed by atoms with Crippen molar-refractivity contribution in [3.63, 3.8) is 0 Å². The van der Waals surface area contributed by atoms with Gasteiger partial charge in [-0.25, -0.2) is 19.6 Å². The van der Waals surface area contributed by atoms with Gasteiger partial charge in [0.05, 0.1) is 24.6 Å². The number of carbonyl (C=O) groups excluding carboxylic acids is 3. The number of aromatic nitrogens is 2. The fourth-order valence-electron chi connectivity index (χ4n) is 7.35. The van der Waals surface area contributed by atoms with Crippen molar-refractivity contribution in [1.82, 2.24) is 9.97 Å². The predicted octanol–water partition coefficient (Wildman–Crippen LogP) is 10.8. The summed E-state index contributed by atoms with van der Waals surface area (Å²) in [7, 11) is 0. The summed E-state index contributed by atoms with van der Waals surface area (Å²) < 4.78 is 21.9. The summed E-state index contributed by atoms with van der Waals surface area (Å²) in [4.78, 5) is 44.8. The largest absolute Gasteiger partial charge is 0.488 e. The van der Waals surface area contributed by atoms with Gasteiger partial charge in [-0.05, 0) is 143 Å². The lowest BCUT2D eigenvalue weighted by molar-refractivity contribution is -0.131. The van der Waals surface area contributed by atoms with Crippen LogP contribution in [0.5, 0.6) is 11.5 Å². The Kier molecular flexibility index (Phi) is 14.0. The van der Waals surface area contributed by atoms with Gasteiger partial charge in [0.2, 0.25) is 0 Å². The second kappa shape index (κ2) is 19.7. The van der Waals surface area contributed by atoms with Crippen molar-refractivity contribution in [2.24, 2.45) is 0 Å². The number of esters is 3.